The molecule has 5 heteroatoms. The first-order valence-electron chi connectivity index (χ1n) is 6.49. The van der Waals surface area contributed by atoms with Gasteiger partial charge in [0.2, 0.25) is 0 Å². The van der Waals surface area contributed by atoms with Crippen molar-refractivity contribution in [2.24, 2.45) is 11.8 Å². The third-order valence-corrected chi connectivity index (χ3v) is 4.23. The van der Waals surface area contributed by atoms with E-state index in [1.165, 1.54) is 0 Å². The molecule has 1 saturated heterocycles. The monoisotopic (exact) mass is 263 g/mol. The number of nitrogens with zero attached hydrogens (tertiary/aromatic N) is 1. The topological polar surface area (TPSA) is 70.0 Å². The summed E-state index contributed by atoms with van der Waals surface area (Å²) in [7, 11) is 0. The number of hydrogen-bond acceptors (Lipinski definition) is 4. The Morgan fingerprint density at radius 3 is 2.89 bits per heavy atom. The van der Waals surface area contributed by atoms with E-state index in [4.69, 9.17) is 9.84 Å². The van der Waals surface area contributed by atoms with Gasteiger partial charge in [0.15, 0.2) is 0 Å². The minimum absolute atomic E-state index is 0.188. The summed E-state index contributed by atoms with van der Waals surface area (Å²) < 4.78 is 5.57. The number of rotatable bonds is 3. The van der Waals surface area contributed by atoms with Crippen molar-refractivity contribution in [1.82, 2.24) is 4.90 Å². The fourth-order valence-electron chi connectivity index (χ4n) is 2.81. The van der Waals surface area contributed by atoms with Gasteiger partial charge in [-0.25, -0.2) is 0 Å². The number of carboxylic acid groups (broad SMARTS) is 1. The smallest absolute Gasteiger partial charge is 0.306 e. The lowest BCUT2D eigenvalue weighted by Crippen LogP contribution is -2.52. The van der Waals surface area contributed by atoms with Crippen LogP contribution in [-0.2, 0) is 4.79 Å². The number of aromatic hydroxyl groups is 1. The summed E-state index contributed by atoms with van der Waals surface area (Å²) in [5.41, 5.74) is 1.08. The highest BCUT2D eigenvalue weighted by molar-refractivity contribution is 5.70. The SMILES string of the molecule is CC(C(=O)O)C1CN(C2COc3cc(O)ccc32)C1. The van der Waals surface area contributed by atoms with Crippen molar-refractivity contribution in [3.05, 3.63) is 23.8 Å². The molecule has 0 radical (unpaired) electrons. The number of likely N-dealkylation sites (tertiary alicyclic amines) is 1. The third kappa shape index (κ3) is 2.04. The van der Waals surface area contributed by atoms with Gasteiger partial charge in [-0.15, -0.1) is 0 Å². The Labute approximate surface area is 111 Å². The Morgan fingerprint density at radius 2 is 2.21 bits per heavy atom. The minimum atomic E-state index is -0.724. The van der Waals surface area contributed by atoms with Crippen molar-refractivity contribution in [3.63, 3.8) is 0 Å². The molecule has 19 heavy (non-hydrogen) atoms. The average Bonchev–Trinajstić information content (AvgIpc) is 2.70. The quantitative estimate of drug-likeness (QED) is 0.864. The van der Waals surface area contributed by atoms with Gasteiger partial charge >= 0.3 is 5.97 Å². The third-order valence-electron chi connectivity index (χ3n) is 4.23. The largest absolute Gasteiger partial charge is 0.508 e. The highest BCUT2D eigenvalue weighted by atomic mass is 16.5. The summed E-state index contributed by atoms with van der Waals surface area (Å²) in [6.07, 6.45) is 0. The molecule has 0 bridgehead atoms. The predicted octanol–water partition coefficient (Wildman–Crippen LogP) is 1.48. The Balaban J connectivity index is 1.67. The fraction of sp³-hybridized carbons (Fsp3) is 0.500. The molecule has 2 aliphatic rings. The molecule has 1 aromatic carbocycles. The van der Waals surface area contributed by atoms with Crippen molar-refractivity contribution >= 4 is 5.97 Å². The molecule has 102 valence electrons. The van der Waals surface area contributed by atoms with Crippen LogP contribution in [0, 0.1) is 11.8 Å². The van der Waals surface area contributed by atoms with Gasteiger partial charge in [0.05, 0.1) is 12.0 Å². The van der Waals surface area contributed by atoms with Gasteiger partial charge in [-0.3, -0.25) is 9.69 Å². The Morgan fingerprint density at radius 1 is 1.47 bits per heavy atom. The standard InChI is InChI=1S/C14H17NO4/c1-8(14(17)18)9-5-15(6-9)12-7-19-13-4-10(16)2-3-11(12)13/h2-4,8-9,12,16H,5-7H2,1H3,(H,17,18). The van der Waals surface area contributed by atoms with Crippen molar-refractivity contribution in [3.8, 4) is 11.5 Å². The lowest BCUT2D eigenvalue weighted by molar-refractivity contribution is -0.146. The number of aliphatic carboxylic acids is 1. The predicted molar refractivity (Wildman–Crippen MR) is 68.2 cm³/mol. The minimum Gasteiger partial charge on any atom is -0.508 e. The van der Waals surface area contributed by atoms with Crippen LogP contribution in [0.15, 0.2) is 18.2 Å². The van der Waals surface area contributed by atoms with Crippen LogP contribution in [0.3, 0.4) is 0 Å². The maximum Gasteiger partial charge on any atom is 0.306 e. The second kappa shape index (κ2) is 4.42. The summed E-state index contributed by atoms with van der Waals surface area (Å²) in [4.78, 5) is 13.2. The van der Waals surface area contributed by atoms with Crippen LogP contribution in [0.5, 0.6) is 11.5 Å². The van der Waals surface area contributed by atoms with E-state index >= 15 is 0 Å². The van der Waals surface area contributed by atoms with Crippen molar-refractivity contribution in [2.75, 3.05) is 19.7 Å². The molecule has 0 spiro atoms. The van der Waals surface area contributed by atoms with Gasteiger partial charge in [-0.1, -0.05) is 6.92 Å². The molecule has 0 amide bonds. The fourth-order valence-corrected chi connectivity index (χ4v) is 2.81. The second-order valence-electron chi connectivity index (χ2n) is 5.39. The van der Waals surface area contributed by atoms with E-state index < -0.39 is 5.97 Å². The van der Waals surface area contributed by atoms with Crippen LogP contribution >= 0.6 is 0 Å². The molecule has 2 aliphatic heterocycles. The summed E-state index contributed by atoms with van der Waals surface area (Å²) in [6.45, 7) is 3.93. The Bertz CT molecular complexity index is 510. The van der Waals surface area contributed by atoms with Crippen LogP contribution in [0.1, 0.15) is 18.5 Å². The first-order valence-corrected chi connectivity index (χ1v) is 6.49. The zero-order valence-electron chi connectivity index (χ0n) is 10.7. The molecule has 1 fully saturated rings. The molecule has 2 atom stereocenters. The van der Waals surface area contributed by atoms with Crippen molar-refractivity contribution in [1.29, 1.82) is 0 Å². The summed E-state index contributed by atoms with van der Waals surface area (Å²) in [5, 5.41) is 18.4. The Hall–Kier alpha value is -1.75. The first kappa shape index (κ1) is 12.3. The zero-order chi connectivity index (χ0) is 13.6. The summed E-state index contributed by atoms with van der Waals surface area (Å²) in [5.74, 6) is 0.147. The molecule has 2 N–H and O–H groups in total. The van der Waals surface area contributed by atoms with Crippen molar-refractivity contribution in [2.45, 2.75) is 13.0 Å². The van der Waals surface area contributed by atoms with Gasteiger partial charge in [-0.2, -0.15) is 0 Å². The number of hydrogen-bond donors (Lipinski definition) is 2. The van der Waals surface area contributed by atoms with Crippen LogP contribution in [0.4, 0.5) is 0 Å². The lowest BCUT2D eigenvalue weighted by Gasteiger charge is -2.44. The van der Waals surface area contributed by atoms with Crippen LogP contribution in [0.25, 0.3) is 0 Å². The molecular weight excluding hydrogens is 246 g/mol. The number of ether oxygens (including phenoxy) is 1. The van der Waals surface area contributed by atoms with Gasteiger partial charge in [0.25, 0.3) is 0 Å². The lowest BCUT2D eigenvalue weighted by atomic mass is 9.85. The molecule has 0 aromatic heterocycles. The van der Waals surface area contributed by atoms with E-state index in [-0.39, 0.29) is 23.6 Å². The second-order valence-corrected chi connectivity index (χ2v) is 5.39. The highest BCUT2D eigenvalue weighted by Gasteiger charge is 2.41. The highest BCUT2D eigenvalue weighted by Crippen LogP contribution is 2.41. The normalized spacial score (nSPS) is 24.4. The van der Waals surface area contributed by atoms with Gasteiger partial charge < -0.3 is 14.9 Å². The molecular formula is C14H17NO4. The zero-order valence-corrected chi connectivity index (χ0v) is 10.7. The van der Waals surface area contributed by atoms with Crippen molar-refractivity contribution < 1.29 is 19.7 Å². The number of phenols is 1. The van der Waals surface area contributed by atoms with Crippen LogP contribution in [-0.4, -0.2) is 40.8 Å². The van der Waals surface area contributed by atoms with E-state index in [1.807, 2.05) is 6.07 Å². The Kier molecular flexibility index (Phi) is 2.86. The summed E-state index contributed by atoms with van der Waals surface area (Å²) in [6, 6.07) is 5.37. The van der Waals surface area contributed by atoms with E-state index in [0.29, 0.717) is 6.61 Å². The van der Waals surface area contributed by atoms with Gasteiger partial charge in [0.1, 0.15) is 18.1 Å². The molecule has 0 saturated carbocycles. The maximum atomic E-state index is 10.9. The van der Waals surface area contributed by atoms with Gasteiger partial charge in [0, 0.05) is 24.7 Å². The molecule has 3 rings (SSSR count). The van der Waals surface area contributed by atoms with Crippen LogP contribution < -0.4 is 4.74 Å². The van der Waals surface area contributed by atoms with Gasteiger partial charge in [-0.05, 0) is 18.1 Å². The average molecular weight is 263 g/mol. The first-order chi connectivity index (χ1) is 9.06. The molecule has 2 unspecified atom stereocenters. The number of carboxylic acids is 1. The molecule has 2 heterocycles. The number of benzene rings is 1. The van der Waals surface area contributed by atoms with E-state index in [0.717, 1.165) is 24.4 Å². The number of phenolic OH excluding ortho intramolecular Hbond substituents is 1. The summed E-state index contributed by atoms with van der Waals surface area (Å²) >= 11 is 0. The van der Waals surface area contributed by atoms with E-state index in [9.17, 15) is 9.90 Å². The van der Waals surface area contributed by atoms with Crippen LogP contribution in [0.2, 0.25) is 0 Å². The van der Waals surface area contributed by atoms with E-state index in [2.05, 4.69) is 4.90 Å². The molecule has 1 aromatic rings. The number of fused-ring (bicyclic) bond motifs is 1. The number of carbonyl (C=O) groups is 1. The maximum absolute atomic E-state index is 10.9. The van der Waals surface area contributed by atoms with E-state index in [1.54, 1.807) is 19.1 Å². The molecule has 0 aliphatic carbocycles. The molecule has 5 nitrogen and oxygen atoms in total.